The summed E-state index contributed by atoms with van der Waals surface area (Å²) in [5, 5.41) is 7.93. The second-order valence-electron chi connectivity index (χ2n) is 7.31. The molecule has 1 unspecified atom stereocenters. The van der Waals surface area contributed by atoms with Gasteiger partial charge in [0.25, 0.3) is 5.56 Å². The third kappa shape index (κ3) is 3.57. The molecule has 1 saturated carbocycles. The second-order valence-corrected chi connectivity index (χ2v) is 7.31. The first kappa shape index (κ1) is 17.0. The van der Waals surface area contributed by atoms with Crippen LogP contribution < -0.4 is 15.8 Å². The summed E-state index contributed by atoms with van der Waals surface area (Å²) in [6, 6.07) is 5.72. The highest BCUT2D eigenvalue weighted by Gasteiger charge is 2.25. The molecule has 0 spiro atoms. The third-order valence-electron chi connectivity index (χ3n) is 5.53. The molecule has 2 aromatic rings. The number of hydrogen-bond donors (Lipinski definition) is 1. The van der Waals surface area contributed by atoms with Gasteiger partial charge in [0.15, 0.2) is 0 Å². The van der Waals surface area contributed by atoms with Gasteiger partial charge in [-0.05, 0) is 44.2 Å². The summed E-state index contributed by atoms with van der Waals surface area (Å²) in [4.78, 5) is 23.1. The van der Waals surface area contributed by atoms with Gasteiger partial charge in [0.2, 0.25) is 0 Å². The van der Waals surface area contributed by atoms with Gasteiger partial charge >= 0.3 is 0 Å². The van der Waals surface area contributed by atoms with Crippen LogP contribution in [0.3, 0.4) is 0 Å². The lowest BCUT2D eigenvalue weighted by Crippen LogP contribution is -2.45. The Morgan fingerprint density at radius 1 is 1.15 bits per heavy atom. The SMILES string of the molecule is Cn1nc(N2CCCCC2CNc2ccnc(C3CCC3)n2)ccc1=O. The van der Waals surface area contributed by atoms with E-state index in [1.54, 1.807) is 13.1 Å². The number of rotatable bonds is 5. The normalized spacial score (nSPS) is 20.7. The van der Waals surface area contributed by atoms with Crippen LogP contribution in [0.5, 0.6) is 0 Å². The van der Waals surface area contributed by atoms with Gasteiger partial charge in [-0.1, -0.05) is 6.42 Å². The minimum Gasteiger partial charge on any atom is -0.368 e. The van der Waals surface area contributed by atoms with Crippen molar-refractivity contribution in [3.05, 3.63) is 40.6 Å². The zero-order valence-corrected chi connectivity index (χ0v) is 15.3. The van der Waals surface area contributed by atoms with E-state index in [1.165, 1.54) is 30.4 Å². The van der Waals surface area contributed by atoms with Crippen LogP contribution in [0, 0.1) is 0 Å². The lowest BCUT2D eigenvalue weighted by molar-refractivity contribution is 0.401. The van der Waals surface area contributed by atoms with E-state index in [1.807, 2.05) is 18.3 Å². The Morgan fingerprint density at radius 2 is 2.04 bits per heavy atom. The molecule has 138 valence electrons. The van der Waals surface area contributed by atoms with Crippen LogP contribution in [-0.4, -0.2) is 38.9 Å². The van der Waals surface area contributed by atoms with Crippen molar-refractivity contribution >= 4 is 11.6 Å². The number of anilines is 2. The molecule has 26 heavy (non-hydrogen) atoms. The topological polar surface area (TPSA) is 75.9 Å². The number of nitrogens with one attached hydrogen (secondary N) is 1. The zero-order valence-electron chi connectivity index (χ0n) is 15.3. The lowest BCUT2D eigenvalue weighted by atomic mass is 9.85. The molecule has 1 saturated heterocycles. The molecule has 4 rings (SSSR count). The largest absolute Gasteiger partial charge is 0.368 e. The predicted molar refractivity (Wildman–Crippen MR) is 102 cm³/mol. The molecule has 0 bridgehead atoms. The van der Waals surface area contributed by atoms with E-state index in [9.17, 15) is 4.79 Å². The zero-order chi connectivity index (χ0) is 17.9. The molecular weight excluding hydrogens is 328 g/mol. The summed E-state index contributed by atoms with van der Waals surface area (Å²) in [5.41, 5.74) is -0.0788. The van der Waals surface area contributed by atoms with Crippen molar-refractivity contribution in [3.63, 3.8) is 0 Å². The maximum absolute atomic E-state index is 11.6. The van der Waals surface area contributed by atoms with Gasteiger partial charge in [-0.2, -0.15) is 5.10 Å². The van der Waals surface area contributed by atoms with Crippen LogP contribution >= 0.6 is 0 Å². The van der Waals surface area contributed by atoms with E-state index < -0.39 is 0 Å². The fourth-order valence-corrected chi connectivity index (χ4v) is 3.72. The average Bonchev–Trinajstić information content (AvgIpc) is 2.62. The van der Waals surface area contributed by atoms with Crippen LogP contribution in [0.2, 0.25) is 0 Å². The van der Waals surface area contributed by atoms with E-state index in [2.05, 4.69) is 20.3 Å². The van der Waals surface area contributed by atoms with Crippen LogP contribution in [0.4, 0.5) is 11.6 Å². The summed E-state index contributed by atoms with van der Waals surface area (Å²) >= 11 is 0. The molecule has 1 atom stereocenters. The Hall–Kier alpha value is -2.44. The van der Waals surface area contributed by atoms with Gasteiger partial charge in [0.05, 0.1) is 0 Å². The Morgan fingerprint density at radius 3 is 2.81 bits per heavy atom. The summed E-state index contributed by atoms with van der Waals surface area (Å²) in [6.45, 7) is 1.78. The van der Waals surface area contributed by atoms with Crippen molar-refractivity contribution in [2.45, 2.75) is 50.5 Å². The van der Waals surface area contributed by atoms with Crippen LogP contribution in [0.15, 0.2) is 29.2 Å². The number of aromatic nitrogens is 4. The molecule has 2 fully saturated rings. The fourth-order valence-electron chi connectivity index (χ4n) is 3.72. The lowest BCUT2D eigenvalue weighted by Gasteiger charge is -2.36. The monoisotopic (exact) mass is 354 g/mol. The summed E-state index contributed by atoms with van der Waals surface area (Å²) in [5.74, 6) is 3.29. The van der Waals surface area contributed by atoms with Crippen LogP contribution in [0.25, 0.3) is 0 Å². The first-order valence-corrected chi connectivity index (χ1v) is 9.58. The first-order chi connectivity index (χ1) is 12.7. The van der Waals surface area contributed by atoms with E-state index >= 15 is 0 Å². The smallest absolute Gasteiger partial charge is 0.266 e. The highest BCUT2D eigenvalue weighted by molar-refractivity contribution is 5.41. The number of nitrogens with zero attached hydrogens (tertiary/aromatic N) is 5. The molecule has 3 heterocycles. The first-order valence-electron chi connectivity index (χ1n) is 9.58. The molecule has 2 aliphatic rings. The highest BCUT2D eigenvalue weighted by atomic mass is 16.1. The average molecular weight is 354 g/mol. The van der Waals surface area contributed by atoms with Gasteiger partial charge in [-0.15, -0.1) is 0 Å². The number of hydrogen-bond acceptors (Lipinski definition) is 6. The Labute approximate surface area is 153 Å². The highest BCUT2D eigenvalue weighted by Crippen LogP contribution is 2.34. The molecule has 1 N–H and O–H groups in total. The van der Waals surface area contributed by atoms with E-state index in [-0.39, 0.29) is 5.56 Å². The van der Waals surface area contributed by atoms with Gasteiger partial charge in [-0.25, -0.2) is 14.6 Å². The minimum atomic E-state index is -0.0788. The maximum Gasteiger partial charge on any atom is 0.266 e. The molecule has 0 amide bonds. The quantitative estimate of drug-likeness (QED) is 0.888. The van der Waals surface area contributed by atoms with E-state index in [0.29, 0.717) is 12.0 Å². The van der Waals surface area contributed by atoms with Gasteiger partial charge < -0.3 is 10.2 Å². The Bertz CT molecular complexity index is 816. The van der Waals surface area contributed by atoms with E-state index in [0.717, 1.165) is 43.4 Å². The third-order valence-corrected chi connectivity index (χ3v) is 5.53. The van der Waals surface area contributed by atoms with Crippen molar-refractivity contribution < 1.29 is 0 Å². The molecule has 7 nitrogen and oxygen atoms in total. The summed E-state index contributed by atoms with van der Waals surface area (Å²) < 4.78 is 1.41. The Balaban J connectivity index is 1.45. The predicted octanol–water partition coefficient (Wildman–Crippen LogP) is 2.31. The molecule has 2 aromatic heterocycles. The fraction of sp³-hybridized carbons (Fsp3) is 0.579. The van der Waals surface area contributed by atoms with E-state index in [4.69, 9.17) is 4.98 Å². The van der Waals surface area contributed by atoms with Crippen LogP contribution in [-0.2, 0) is 7.05 Å². The van der Waals surface area contributed by atoms with Crippen molar-refractivity contribution in [2.75, 3.05) is 23.3 Å². The van der Waals surface area contributed by atoms with Gasteiger partial charge in [-0.3, -0.25) is 4.79 Å². The van der Waals surface area contributed by atoms with Gasteiger partial charge in [0.1, 0.15) is 17.5 Å². The van der Waals surface area contributed by atoms with Crippen molar-refractivity contribution in [3.8, 4) is 0 Å². The van der Waals surface area contributed by atoms with Crippen molar-refractivity contribution in [1.29, 1.82) is 0 Å². The standard InChI is InChI=1S/C19H26N6O/c1-24-18(26)9-8-17(23-24)25-12-3-2-7-15(25)13-21-16-10-11-20-19(22-16)14-5-4-6-14/h8-11,14-15H,2-7,12-13H2,1H3,(H,20,21,22). The second kappa shape index (κ2) is 7.43. The van der Waals surface area contributed by atoms with Crippen molar-refractivity contribution in [2.24, 2.45) is 7.05 Å². The molecular formula is C19H26N6O. The van der Waals surface area contributed by atoms with Gasteiger partial charge in [0, 0.05) is 44.4 Å². The molecule has 0 aromatic carbocycles. The number of aryl methyl sites for hydroxylation is 1. The summed E-state index contributed by atoms with van der Waals surface area (Å²) in [7, 11) is 1.70. The number of piperidine rings is 1. The molecule has 7 heteroatoms. The van der Waals surface area contributed by atoms with Crippen molar-refractivity contribution in [1.82, 2.24) is 19.7 Å². The molecule has 1 aliphatic carbocycles. The van der Waals surface area contributed by atoms with Crippen LogP contribution in [0.1, 0.15) is 50.3 Å². The minimum absolute atomic E-state index is 0.0788. The Kier molecular flexibility index (Phi) is 4.86. The molecule has 0 radical (unpaired) electrons. The molecule has 1 aliphatic heterocycles. The maximum atomic E-state index is 11.6. The summed E-state index contributed by atoms with van der Waals surface area (Å²) in [6.07, 6.45) is 9.03.